The lowest BCUT2D eigenvalue weighted by molar-refractivity contribution is 0.0628. The van der Waals surface area contributed by atoms with Gasteiger partial charge in [-0.25, -0.2) is 4.98 Å². The number of carbonyl (C=O) groups excluding carboxylic acids is 1. The van der Waals surface area contributed by atoms with E-state index < -0.39 is 0 Å². The summed E-state index contributed by atoms with van der Waals surface area (Å²) in [6, 6.07) is 3.77. The molecule has 1 amide bonds. The lowest BCUT2D eigenvalue weighted by atomic mass is 9.85. The molecule has 1 fully saturated rings. The van der Waals surface area contributed by atoms with Crippen LogP contribution in [-0.2, 0) is 0 Å². The number of hydrogen-bond donors (Lipinski definition) is 1. The van der Waals surface area contributed by atoms with E-state index in [0.717, 1.165) is 6.42 Å². The van der Waals surface area contributed by atoms with Gasteiger partial charge in [0, 0.05) is 19.3 Å². The number of pyridine rings is 1. The summed E-state index contributed by atoms with van der Waals surface area (Å²) in [5.41, 5.74) is 6.15. The normalized spacial score (nSPS) is 23.7. The van der Waals surface area contributed by atoms with Crippen LogP contribution in [0, 0.1) is 5.92 Å². The lowest BCUT2D eigenvalue weighted by Crippen LogP contribution is -2.42. The zero-order valence-corrected chi connectivity index (χ0v) is 11.1. The van der Waals surface area contributed by atoms with Crippen molar-refractivity contribution in [1.82, 2.24) is 9.88 Å². The molecule has 1 aromatic rings. The van der Waals surface area contributed by atoms with E-state index in [1.807, 2.05) is 11.9 Å². The number of rotatable bonds is 2. The van der Waals surface area contributed by atoms with Crippen molar-refractivity contribution >= 4 is 11.7 Å². The summed E-state index contributed by atoms with van der Waals surface area (Å²) >= 11 is 0. The van der Waals surface area contributed by atoms with E-state index in [4.69, 9.17) is 5.73 Å². The molecule has 1 saturated carbocycles. The van der Waals surface area contributed by atoms with Gasteiger partial charge in [-0.1, -0.05) is 19.8 Å². The number of nitrogen functional groups attached to an aromatic ring is 1. The number of aromatic nitrogens is 1. The number of carbonyl (C=O) groups is 1. The summed E-state index contributed by atoms with van der Waals surface area (Å²) in [6.07, 6.45) is 6.37. The van der Waals surface area contributed by atoms with E-state index in [-0.39, 0.29) is 5.91 Å². The molecule has 1 aliphatic rings. The van der Waals surface area contributed by atoms with Gasteiger partial charge in [-0.2, -0.15) is 0 Å². The number of nitrogens with two attached hydrogens (primary N) is 1. The van der Waals surface area contributed by atoms with Crippen molar-refractivity contribution in [1.29, 1.82) is 0 Å². The molecule has 0 aromatic carbocycles. The molecule has 1 heterocycles. The Morgan fingerprint density at radius 1 is 1.39 bits per heavy atom. The Labute approximate surface area is 108 Å². The van der Waals surface area contributed by atoms with Gasteiger partial charge in [-0.05, 0) is 30.9 Å². The van der Waals surface area contributed by atoms with Gasteiger partial charge in [-0.15, -0.1) is 0 Å². The topological polar surface area (TPSA) is 59.2 Å². The average Bonchev–Trinajstić information content (AvgIpc) is 2.38. The highest BCUT2D eigenvalue weighted by Gasteiger charge is 2.28. The van der Waals surface area contributed by atoms with Crippen molar-refractivity contribution in [3.8, 4) is 0 Å². The molecular formula is C14H21N3O. The average molecular weight is 247 g/mol. The van der Waals surface area contributed by atoms with Gasteiger partial charge in [0.2, 0.25) is 0 Å². The maximum Gasteiger partial charge on any atom is 0.255 e. The molecule has 1 aliphatic carbocycles. The first kappa shape index (κ1) is 12.9. The summed E-state index contributed by atoms with van der Waals surface area (Å²) < 4.78 is 0. The maximum absolute atomic E-state index is 12.3. The van der Waals surface area contributed by atoms with E-state index in [2.05, 4.69) is 11.9 Å². The van der Waals surface area contributed by atoms with Crippen LogP contribution >= 0.6 is 0 Å². The Morgan fingerprint density at radius 2 is 2.11 bits per heavy atom. The van der Waals surface area contributed by atoms with E-state index in [9.17, 15) is 4.79 Å². The number of amides is 1. The highest BCUT2D eigenvalue weighted by molar-refractivity contribution is 5.94. The van der Waals surface area contributed by atoms with Crippen LogP contribution in [0.4, 0.5) is 5.82 Å². The SMILES string of the molecule is CC1CCCCC1N(C)C(=O)c1ccc(N)nc1. The summed E-state index contributed by atoms with van der Waals surface area (Å²) in [5, 5.41) is 0. The molecule has 1 aromatic heterocycles. The second kappa shape index (κ2) is 5.38. The van der Waals surface area contributed by atoms with Crippen LogP contribution < -0.4 is 5.73 Å². The first-order chi connectivity index (χ1) is 8.59. The van der Waals surface area contributed by atoms with Crippen LogP contribution in [0.5, 0.6) is 0 Å². The van der Waals surface area contributed by atoms with Crippen LogP contribution in [0.25, 0.3) is 0 Å². The molecular weight excluding hydrogens is 226 g/mol. The smallest absolute Gasteiger partial charge is 0.255 e. The lowest BCUT2D eigenvalue weighted by Gasteiger charge is -2.36. The fourth-order valence-electron chi connectivity index (χ4n) is 2.76. The second-order valence-corrected chi connectivity index (χ2v) is 5.22. The zero-order chi connectivity index (χ0) is 13.1. The molecule has 0 spiro atoms. The monoisotopic (exact) mass is 247 g/mol. The van der Waals surface area contributed by atoms with Crippen LogP contribution in [0.15, 0.2) is 18.3 Å². The summed E-state index contributed by atoms with van der Waals surface area (Å²) in [7, 11) is 1.89. The number of nitrogens with zero attached hydrogens (tertiary/aromatic N) is 2. The first-order valence-corrected chi connectivity index (χ1v) is 6.58. The second-order valence-electron chi connectivity index (χ2n) is 5.22. The Balaban J connectivity index is 2.10. The molecule has 98 valence electrons. The Bertz CT molecular complexity index is 416. The predicted molar refractivity (Wildman–Crippen MR) is 72.2 cm³/mol. The largest absolute Gasteiger partial charge is 0.384 e. The van der Waals surface area contributed by atoms with Crippen LogP contribution in [0.2, 0.25) is 0 Å². The summed E-state index contributed by atoms with van der Waals surface area (Å²) in [4.78, 5) is 18.2. The molecule has 2 rings (SSSR count). The fourth-order valence-corrected chi connectivity index (χ4v) is 2.76. The van der Waals surface area contributed by atoms with Crippen LogP contribution in [-0.4, -0.2) is 28.9 Å². The van der Waals surface area contributed by atoms with Crippen molar-refractivity contribution in [2.45, 2.75) is 38.6 Å². The van der Waals surface area contributed by atoms with E-state index in [0.29, 0.717) is 23.3 Å². The summed E-state index contributed by atoms with van der Waals surface area (Å²) in [6.45, 7) is 2.23. The van der Waals surface area contributed by atoms with Gasteiger partial charge in [0.15, 0.2) is 0 Å². The zero-order valence-electron chi connectivity index (χ0n) is 11.1. The predicted octanol–water partition coefficient (Wildman–Crippen LogP) is 2.31. The van der Waals surface area contributed by atoms with Crippen LogP contribution in [0.3, 0.4) is 0 Å². The van der Waals surface area contributed by atoms with Gasteiger partial charge < -0.3 is 10.6 Å². The van der Waals surface area contributed by atoms with Gasteiger partial charge in [0.1, 0.15) is 5.82 Å². The summed E-state index contributed by atoms with van der Waals surface area (Å²) in [5.74, 6) is 1.07. The molecule has 0 radical (unpaired) electrons. The molecule has 2 unspecified atom stereocenters. The molecule has 2 N–H and O–H groups in total. The van der Waals surface area contributed by atoms with Crippen LogP contribution in [0.1, 0.15) is 43.0 Å². The molecule has 2 atom stereocenters. The first-order valence-electron chi connectivity index (χ1n) is 6.58. The minimum Gasteiger partial charge on any atom is -0.384 e. The van der Waals surface area contributed by atoms with Gasteiger partial charge in [0.05, 0.1) is 5.56 Å². The molecule has 4 nitrogen and oxygen atoms in total. The Kier molecular flexibility index (Phi) is 3.84. The minimum absolute atomic E-state index is 0.0428. The third-order valence-electron chi connectivity index (χ3n) is 3.92. The third kappa shape index (κ3) is 2.63. The number of anilines is 1. The molecule has 4 heteroatoms. The molecule has 0 saturated heterocycles. The van der Waals surface area contributed by atoms with Crippen molar-refractivity contribution in [3.05, 3.63) is 23.9 Å². The Morgan fingerprint density at radius 3 is 2.72 bits per heavy atom. The molecule has 0 aliphatic heterocycles. The minimum atomic E-state index is 0.0428. The van der Waals surface area contributed by atoms with Crippen molar-refractivity contribution < 1.29 is 4.79 Å². The third-order valence-corrected chi connectivity index (χ3v) is 3.92. The van der Waals surface area contributed by atoms with E-state index >= 15 is 0 Å². The standard InChI is InChI=1S/C14H21N3O/c1-10-5-3-4-6-12(10)17(2)14(18)11-7-8-13(15)16-9-11/h7-10,12H,3-6H2,1-2H3,(H2,15,16). The highest BCUT2D eigenvalue weighted by Crippen LogP contribution is 2.28. The van der Waals surface area contributed by atoms with Gasteiger partial charge >= 0.3 is 0 Å². The molecule has 18 heavy (non-hydrogen) atoms. The van der Waals surface area contributed by atoms with E-state index in [1.165, 1.54) is 19.3 Å². The molecule has 0 bridgehead atoms. The van der Waals surface area contributed by atoms with Gasteiger partial charge in [0.25, 0.3) is 5.91 Å². The maximum atomic E-state index is 12.3. The van der Waals surface area contributed by atoms with Crippen molar-refractivity contribution in [2.24, 2.45) is 5.92 Å². The number of hydrogen-bond acceptors (Lipinski definition) is 3. The van der Waals surface area contributed by atoms with Crippen molar-refractivity contribution in [2.75, 3.05) is 12.8 Å². The quantitative estimate of drug-likeness (QED) is 0.872. The van der Waals surface area contributed by atoms with Crippen molar-refractivity contribution in [3.63, 3.8) is 0 Å². The Hall–Kier alpha value is -1.58. The fraction of sp³-hybridized carbons (Fsp3) is 0.571. The van der Waals surface area contributed by atoms with Gasteiger partial charge in [-0.3, -0.25) is 4.79 Å². The highest BCUT2D eigenvalue weighted by atomic mass is 16.2. The van der Waals surface area contributed by atoms with E-state index in [1.54, 1.807) is 18.3 Å².